The summed E-state index contributed by atoms with van der Waals surface area (Å²) < 4.78 is 0. The fourth-order valence-corrected chi connectivity index (χ4v) is 2.54. The minimum Gasteiger partial charge on any atom is -0.508 e. The van der Waals surface area contributed by atoms with Crippen molar-refractivity contribution >= 4 is 5.69 Å². The van der Waals surface area contributed by atoms with Crippen molar-refractivity contribution in [2.45, 2.75) is 25.8 Å². The van der Waals surface area contributed by atoms with Gasteiger partial charge in [-0.25, -0.2) is 0 Å². The van der Waals surface area contributed by atoms with E-state index in [4.69, 9.17) is 0 Å². The normalized spacial score (nSPS) is 17.3. The smallest absolute Gasteiger partial charge is 0.116 e. The van der Waals surface area contributed by atoms with Crippen LogP contribution in [0.3, 0.4) is 0 Å². The molecule has 1 aliphatic rings. The number of nitrogens with one attached hydrogen (secondary N) is 1. The lowest BCUT2D eigenvalue weighted by Gasteiger charge is -2.12. The summed E-state index contributed by atoms with van der Waals surface area (Å²) in [6.45, 7) is 2.17. The molecule has 2 aromatic carbocycles. The molecule has 0 saturated carbocycles. The van der Waals surface area contributed by atoms with Gasteiger partial charge in [0, 0.05) is 5.69 Å². The summed E-state index contributed by atoms with van der Waals surface area (Å²) in [6, 6.07) is 14.6. The van der Waals surface area contributed by atoms with E-state index in [1.165, 1.54) is 16.7 Å². The van der Waals surface area contributed by atoms with E-state index in [0.717, 1.165) is 18.5 Å². The molecule has 0 fully saturated rings. The maximum atomic E-state index is 9.49. The molecular formula is C16H17NO. The Hall–Kier alpha value is -1.96. The predicted molar refractivity (Wildman–Crippen MR) is 74.0 cm³/mol. The molecule has 0 radical (unpaired) electrons. The first-order valence-electron chi connectivity index (χ1n) is 6.43. The maximum absolute atomic E-state index is 9.49. The second kappa shape index (κ2) is 4.37. The van der Waals surface area contributed by atoms with Crippen molar-refractivity contribution in [2.75, 3.05) is 5.32 Å². The molecule has 0 amide bonds. The van der Waals surface area contributed by atoms with Gasteiger partial charge in [-0.1, -0.05) is 31.2 Å². The number of phenols is 1. The van der Waals surface area contributed by atoms with Crippen LogP contribution in [0.1, 0.15) is 29.7 Å². The summed E-state index contributed by atoms with van der Waals surface area (Å²) in [4.78, 5) is 0. The summed E-state index contributed by atoms with van der Waals surface area (Å²) in [5, 5.41) is 13.0. The summed E-state index contributed by atoms with van der Waals surface area (Å²) in [6.07, 6.45) is 2.02. The highest BCUT2D eigenvalue weighted by molar-refractivity contribution is 5.60. The Bertz CT molecular complexity index is 560. The van der Waals surface area contributed by atoms with Crippen molar-refractivity contribution in [3.63, 3.8) is 0 Å². The minimum absolute atomic E-state index is 0.327. The number of phenolic OH excluding ortho intramolecular Hbond substituents is 1. The molecule has 0 spiro atoms. The second-order valence-electron chi connectivity index (χ2n) is 4.84. The van der Waals surface area contributed by atoms with Crippen LogP contribution in [0.15, 0.2) is 42.5 Å². The first kappa shape index (κ1) is 11.1. The summed E-state index contributed by atoms with van der Waals surface area (Å²) in [7, 11) is 0. The third-order valence-electron chi connectivity index (χ3n) is 3.63. The topological polar surface area (TPSA) is 32.3 Å². The molecule has 18 heavy (non-hydrogen) atoms. The van der Waals surface area contributed by atoms with Gasteiger partial charge in [-0.2, -0.15) is 0 Å². The van der Waals surface area contributed by atoms with E-state index in [0.29, 0.717) is 11.8 Å². The fourth-order valence-electron chi connectivity index (χ4n) is 2.54. The van der Waals surface area contributed by atoms with E-state index < -0.39 is 0 Å². The lowest BCUT2D eigenvalue weighted by Crippen LogP contribution is -2.05. The molecule has 3 rings (SSSR count). The van der Waals surface area contributed by atoms with Gasteiger partial charge in [-0.15, -0.1) is 0 Å². The molecule has 2 nitrogen and oxygen atoms in total. The zero-order valence-corrected chi connectivity index (χ0v) is 10.5. The number of hydrogen-bond acceptors (Lipinski definition) is 2. The molecule has 2 N–H and O–H groups in total. The zero-order chi connectivity index (χ0) is 12.5. The first-order valence-corrected chi connectivity index (χ1v) is 6.43. The molecule has 1 aliphatic heterocycles. The van der Waals surface area contributed by atoms with Crippen molar-refractivity contribution in [3.05, 3.63) is 59.2 Å². The van der Waals surface area contributed by atoms with Gasteiger partial charge in [0.1, 0.15) is 5.75 Å². The third-order valence-corrected chi connectivity index (χ3v) is 3.63. The Morgan fingerprint density at radius 2 is 1.94 bits per heavy atom. The van der Waals surface area contributed by atoms with Gasteiger partial charge in [0.2, 0.25) is 0 Å². The van der Waals surface area contributed by atoms with Crippen LogP contribution in [-0.2, 0) is 12.8 Å². The monoisotopic (exact) mass is 239 g/mol. The average Bonchev–Trinajstić information content (AvgIpc) is 2.81. The molecule has 2 heteroatoms. The van der Waals surface area contributed by atoms with E-state index >= 15 is 0 Å². The fraction of sp³-hybridized carbons (Fsp3) is 0.250. The van der Waals surface area contributed by atoms with Crippen molar-refractivity contribution in [1.29, 1.82) is 0 Å². The van der Waals surface area contributed by atoms with Crippen LogP contribution in [0.2, 0.25) is 0 Å². The Balaban J connectivity index is 1.84. The van der Waals surface area contributed by atoms with Crippen LogP contribution in [0.5, 0.6) is 5.75 Å². The number of benzene rings is 2. The van der Waals surface area contributed by atoms with E-state index in [2.05, 4.69) is 36.5 Å². The number of fused-ring (bicyclic) bond motifs is 1. The lowest BCUT2D eigenvalue weighted by atomic mass is 10.0. The summed E-state index contributed by atoms with van der Waals surface area (Å²) >= 11 is 0. The number of rotatable bonds is 2. The number of anilines is 1. The molecule has 92 valence electrons. The Labute approximate surface area is 107 Å². The molecule has 0 bridgehead atoms. The second-order valence-corrected chi connectivity index (χ2v) is 4.84. The Morgan fingerprint density at radius 1 is 1.17 bits per heavy atom. The highest BCUT2D eigenvalue weighted by Crippen LogP contribution is 2.35. The van der Waals surface area contributed by atoms with Gasteiger partial charge in [0.25, 0.3) is 0 Å². The van der Waals surface area contributed by atoms with E-state index in [-0.39, 0.29) is 0 Å². The van der Waals surface area contributed by atoms with Gasteiger partial charge >= 0.3 is 0 Å². The molecule has 0 aliphatic carbocycles. The van der Waals surface area contributed by atoms with E-state index in [1.807, 2.05) is 12.1 Å². The lowest BCUT2D eigenvalue weighted by molar-refractivity contribution is 0.475. The number of aromatic hydroxyl groups is 1. The molecule has 2 aromatic rings. The highest BCUT2D eigenvalue weighted by atomic mass is 16.3. The SMILES string of the molecule is CCc1ccc(C2Cc3cc(O)ccc3N2)cc1. The van der Waals surface area contributed by atoms with E-state index in [9.17, 15) is 5.11 Å². The van der Waals surface area contributed by atoms with Crippen LogP contribution in [0.4, 0.5) is 5.69 Å². The summed E-state index contributed by atoms with van der Waals surface area (Å²) in [5.41, 5.74) is 5.01. The average molecular weight is 239 g/mol. The molecule has 0 saturated heterocycles. The third kappa shape index (κ3) is 1.94. The molecule has 1 unspecified atom stereocenters. The summed E-state index contributed by atoms with van der Waals surface area (Å²) in [5.74, 6) is 0.345. The van der Waals surface area contributed by atoms with Gasteiger partial charge < -0.3 is 10.4 Å². The van der Waals surface area contributed by atoms with Gasteiger partial charge in [-0.05, 0) is 47.7 Å². The Morgan fingerprint density at radius 3 is 2.67 bits per heavy atom. The zero-order valence-electron chi connectivity index (χ0n) is 10.5. The van der Waals surface area contributed by atoms with Crippen molar-refractivity contribution in [3.8, 4) is 5.75 Å². The van der Waals surface area contributed by atoms with Crippen LogP contribution in [0.25, 0.3) is 0 Å². The minimum atomic E-state index is 0.327. The van der Waals surface area contributed by atoms with Crippen molar-refractivity contribution < 1.29 is 5.11 Å². The van der Waals surface area contributed by atoms with Crippen LogP contribution in [-0.4, -0.2) is 5.11 Å². The van der Waals surface area contributed by atoms with E-state index in [1.54, 1.807) is 6.07 Å². The molecular weight excluding hydrogens is 222 g/mol. The van der Waals surface area contributed by atoms with Gasteiger partial charge in [0.05, 0.1) is 6.04 Å². The van der Waals surface area contributed by atoms with Crippen molar-refractivity contribution in [2.24, 2.45) is 0 Å². The first-order chi connectivity index (χ1) is 8.76. The van der Waals surface area contributed by atoms with Crippen LogP contribution < -0.4 is 5.32 Å². The van der Waals surface area contributed by atoms with Crippen molar-refractivity contribution in [1.82, 2.24) is 0 Å². The van der Waals surface area contributed by atoms with Crippen LogP contribution in [0, 0.1) is 0 Å². The highest BCUT2D eigenvalue weighted by Gasteiger charge is 2.21. The van der Waals surface area contributed by atoms with Gasteiger partial charge in [0.15, 0.2) is 0 Å². The largest absolute Gasteiger partial charge is 0.508 e. The number of hydrogen-bond donors (Lipinski definition) is 2. The molecule has 1 atom stereocenters. The Kier molecular flexibility index (Phi) is 2.71. The molecule has 0 aromatic heterocycles. The number of aryl methyl sites for hydroxylation is 1. The molecule has 1 heterocycles. The quantitative estimate of drug-likeness (QED) is 0.784. The maximum Gasteiger partial charge on any atom is 0.116 e. The standard InChI is InChI=1S/C16H17NO/c1-2-11-3-5-12(6-4-11)16-10-13-9-14(18)7-8-15(13)17-16/h3-9,16-18H,2,10H2,1H3. The predicted octanol–water partition coefficient (Wildman–Crippen LogP) is 3.66. The van der Waals surface area contributed by atoms with Gasteiger partial charge in [-0.3, -0.25) is 0 Å². The van der Waals surface area contributed by atoms with Crippen LogP contribution >= 0.6 is 0 Å².